The molecule has 0 aliphatic heterocycles. The van der Waals surface area contributed by atoms with Crippen molar-refractivity contribution in [1.82, 2.24) is 10.1 Å². The van der Waals surface area contributed by atoms with Crippen LogP contribution in [0.3, 0.4) is 0 Å². The van der Waals surface area contributed by atoms with Crippen LogP contribution < -0.4 is 4.74 Å². The molecule has 0 bridgehead atoms. The fourth-order valence-corrected chi connectivity index (χ4v) is 2.49. The van der Waals surface area contributed by atoms with E-state index in [-0.39, 0.29) is 44.3 Å². The second-order valence-corrected chi connectivity index (χ2v) is 7.09. The lowest BCUT2D eigenvalue weighted by Crippen LogP contribution is -2.13. The molecule has 24 heavy (non-hydrogen) atoms. The fourth-order valence-electron chi connectivity index (χ4n) is 1.76. The zero-order valence-electron chi connectivity index (χ0n) is 13.4. The summed E-state index contributed by atoms with van der Waals surface area (Å²) >= 11 is 18.1. The molecule has 130 valence electrons. The van der Waals surface area contributed by atoms with E-state index in [9.17, 15) is 4.79 Å². The molecule has 6 nitrogen and oxygen atoms in total. The van der Waals surface area contributed by atoms with Gasteiger partial charge in [0.15, 0.2) is 18.2 Å². The molecule has 9 heteroatoms. The van der Waals surface area contributed by atoms with Gasteiger partial charge in [-0.25, -0.2) is 4.79 Å². The molecule has 0 radical (unpaired) electrons. The molecule has 0 aliphatic rings. The predicted octanol–water partition coefficient (Wildman–Crippen LogP) is 4.69. The van der Waals surface area contributed by atoms with E-state index in [4.69, 9.17) is 48.8 Å². The van der Waals surface area contributed by atoms with Crippen molar-refractivity contribution in [1.29, 1.82) is 0 Å². The van der Waals surface area contributed by atoms with E-state index in [1.807, 2.05) is 20.8 Å². The van der Waals surface area contributed by atoms with Crippen LogP contribution in [0, 0.1) is 0 Å². The van der Waals surface area contributed by atoms with E-state index in [1.165, 1.54) is 13.2 Å². The van der Waals surface area contributed by atoms with E-state index in [1.54, 1.807) is 0 Å². The van der Waals surface area contributed by atoms with E-state index >= 15 is 0 Å². The van der Waals surface area contributed by atoms with Crippen LogP contribution in [0.2, 0.25) is 15.1 Å². The van der Waals surface area contributed by atoms with Gasteiger partial charge >= 0.3 is 5.97 Å². The average molecular weight is 394 g/mol. The second kappa shape index (κ2) is 7.17. The lowest BCUT2D eigenvalue weighted by Gasteiger charge is -2.13. The number of nitrogens with zero attached hydrogens (tertiary/aromatic N) is 2. The Balaban J connectivity index is 2.31. The summed E-state index contributed by atoms with van der Waals surface area (Å²) in [7, 11) is 1.21. The van der Waals surface area contributed by atoms with Crippen LogP contribution in [0.5, 0.6) is 5.75 Å². The first kappa shape index (κ1) is 18.8. The van der Waals surface area contributed by atoms with Crippen molar-refractivity contribution in [2.24, 2.45) is 0 Å². The summed E-state index contributed by atoms with van der Waals surface area (Å²) in [5.41, 5.74) is -0.326. The van der Waals surface area contributed by atoms with E-state index in [2.05, 4.69) is 10.1 Å². The molecule has 2 aromatic rings. The van der Waals surface area contributed by atoms with Gasteiger partial charge in [0.05, 0.1) is 22.2 Å². The summed E-state index contributed by atoms with van der Waals surface area (Å²) in [6.07, 6.45) is 0. The van der Waals surface area contributed by atoms with Crippen LogP contribution in [0.4, 0.5) is 0 Å². The van der Waals surface area contributed by atoms with Crippen molar-refractivity contribution in [3.05, 3.63) is 38.4 Å². The highest BCUT2D eigenvalue weighted by Crippen LogP contribution is 2.40. The SMILES string of the molecule is COC(=O)c1c(Cl)c(Cl)cc(Cl)c1OCc1nc(C(C)(C)C)no1. The molecule has 0 fully saturated rings. The molecular weight excluding hydrogens is 379 g/mol. The third kappa shape index (κ3) is 3.94. The molecule has 0 saturated carbocycles. The standard InChI is InChI=1S/C15H15Cl3N2O4/c1-15(2,3)14-19-9(24-20-14)6-23-12-8(17)5-7(16)11(18)10(12)13(21)22-4/h5H,6H2,1-4H3. The van der Waals surface area contributed by atoms with Gasteiger partial charge in [-0.1, -0.05) is 60.7 Å². The minimum Gasteiger partial charge on any atom is -0.481 e. The molecule has 0 saturated heterocycles. The highest BCUT2D eigenvalue weighted by Gasteiger charge is 2.25. The summed E-state index contributed by atoms with van der Waals surface area (Å²) in [6, 6.07) is 1.38. The Bertz CT molecular complexity index is 769. The largest absolute Gasteiger partial charge is 0.481 e. The number of esters is 1. The maximum Gasteiger partial charge on any atom is 0.343 e. The first-order valence-corrected chi connectivity index (χ1v) is 8.00. The van der Waals surface area contributed by atoms with Crippen LogP contribution in [0.25, 0.3) is 0 Å². The van der Waals surface area contributed by atoms with Gasteiger partial charge in [-0.3, -0.25) is 0 Å². The van der Waals surface area contributed by atoms with Gasteiger partial charge in [-0.2, -0.15) is 4.98 Å². The van der Waals surface area contributed by atoms with Crippen molar-refractivity contribution >= 4 is 40.8 Å². The van der Waals surface area contributed by atoms with Gasteiger partial charge in [0, 0.05) is 5.41 Å². The number of rotatable bonds is 4. The molecule has 1 aromatic heterocycles. The Morgan fingerprint density at radius 2 is 1.92 bits per heavy atom. The third-order valence-electron chi connectivity index (χ3n) is 3.00. The quantitative estimate of drug-likeness (QED) is 0.554. The number of methoxy groups -OCH3 is 1. The third-order valence-corrected chi connectivity index (χ3v) is 4.06. The Hall–Kier alpha value is -1.50. The topological polar surface area (TPSA) is 74.5 Å². The smallest absolute Gasteiger partial charge is 0.343 e. The summed E-state index contributed by atoms with van der Waals surface area (Å²) in [5, 5.41) is 4.10. The lowest BCUT2D eigenvalue weighted by molar-refractivity contribution is 0.0595. The summed E-state index contributed by atoms with van der Waals surface area (Å²) in [5.74, 6) is 0.0844. The molecule has 2 rings (SSSR count). The number of aromatic nitrogens is 2. The van der Waals surface area contributed by atoms with Crippen molar-refractivity contribution in [3.8, 4) is 5.75 Å². The Labute approximate surface area is 154 Å². The Morgan fingerprint density at radius 1 is 1.25 bits per heavy atom. The van der Waals surface area contributed by atoms with Crippen LogP contribution in [0.15, 0.2) is 10.6 Å². The fraction of sp³-hybridized carbons (Fsp3) is 0.400. The van der Waals surface area contributed by atoms with Gasteiger partial charge < -0.3 is 14.0 Å². The normalized spacial score (nSPS) is 11.5. The Kier molecular flexibility index (Phi) is 5.63. The summed E-state index contributed by atoms with van der Waals surface area (Å²) in [6.45, 7) is 5.76. The van der Waals surface area contributed by atoms with Gasteiger partial charge in [0.25, 0.3) is 5.89 Å². The highest BCUT2D eigenvalue weighted by atomic mass is 35.5. The number of carbonyl (C=O) groups is 1. The Morgan fingerprint density at radius 3 is 2.46 bits per heavy atom. The average Bonchev–Trinajstić information content (AvgIpc) is 2.97. The van der Waals surface area contributed by atoms with Crippen molar-refractivity contribution < 1.29 is 18.8 Å². The molecule has 0 unspecified atom stereocenters. The highest BCUT2D eigenvalue weighted by molar-refractivity contribution is 6.45. The molecule has 0 amide bonds. The van der Waals surface area contributed by atoms with E-state index in [0.717, 1.165) is 0 Å². The van der Waals surface area contributed by atoms with E-state index in [0.29, 0.717) is 5.82 Å². The number of hydrogen-bond acceptors (Lipinski definition) is 6. The van der Waals surface area contributed by atoms with Crippen LogP contribution in [0.1, 0.15) is 42.8 Å². The number of benzene rings is 1. The molecule has 0 N–H and O–H groups in total. The van der Waals surface area contributed by atoms with Gasteiger partial charge in [-0.05, 0) is 6.07 Å². The van der Waals surface area contributed by atoms with Crippen molar-refractivity contribution in [2.45, 2.75) is 32.8 Å². The molecule has 0 spiro atoms. The van der Waals surface area contributed by atoms with E-state index < -0.39 is 5.97 Å². The molecule has 0 aliphatic carbocycles. The zero-order chi connectivity index (χ0) is 18.1. The number of hydrogen-bond donors (Lipinski definition) is 0. The van der Waals surface area contributed by atoms with Crippen molar-refractivity contribution in [3.63, 3.8) is 0 Å². The molecule has 0 atom stereocenters. The second-order valence-electron chi connectivity index (χ2n) is 5.90. The molecule has 1 aromatic carbocycles. The minimum absolute atomic E-state index is 0.0103. The lowest BCUT2D eigenvalue weighted by atomic mass is 9.96. The van der Waals surface area contributed by atoms with Crippen LogP contribution >= 0.6 is 34.8 Å². The number of ether oxygens (including phenoxy) is 2. The number of halogens is 3. The predicted molar refractivity (Wildman–Crippen MR) is 90.1 cm³/mol. The summed E-state index contributed by atoms with van der Waals surface area (Å²) < 4.78 is 15.4. The first-order chi connectivity index (χ1) is 11.1. The van der Waals surface area contributed by atoms with Gasteiger partial charge in [0.1, 0.15) is 5.56 Å². The zero-order valence-corrected chi connectivity index (χ0v) is 15.7. The van der Waals surface area contributed by atoms with Crippen LogP contribution in [-0.4, -0.2) is 23.2 Å². The van der Waals surface area contributed by atoms with Gasteiger partial charge in [-0.15, -0.1) is 0 Å². The maximum atomic E-state index is 12.0. The minimum atomic E-state index is -0.722. The first-order valence-electron chi connectivity index (χ1n) is 6.86. The molecular formula is C15H15Cl3N2O4. The number of carbonyl (C=O) groups excluding carboxylic acids is 1. The molecule has 1 heterocycles. The van der Waals surface area contributed by atoms with Gasteiger partial charge in [0.2, 0.25) is 0 Å². The maximum absolute atomic E-state index is 12.0. The van der Waals surface area contributed by atoms with Crippen molar-refractivity contribution in [2.75, 3.05) is 7.11 Å². The van der Waals surface area contributed by atoms with Crippen LogP contribution in [-0.2, 0) is 16.8 Å². The summed E-state index contributed by atoms with van der Waals surface area (Å²) in [4.78, 5) is 16.2. The monoisotopic (exact) mass is 392 g/mol.